The van der Waals surface area contributed by atoms with E-state index in [1.54, 1.807) is 18.2 Å². The Morgan fingerprint density at radius 3 is 2.30 bits per heavy atom. The van der Waals surface area contributed by atoms with Crippen molar-refractivity contribution in [3.05, 3.63) is 71.3 Å². The van der Waals surface area contributed by atoms with Crippen LogP contribution in [0.5, 0.6) is 5.75 Å². The number of benzene rings is 3. The van der Waals surface area contributed by atoms with Gasteiger partial charge in [0.1, 0.15) is 5.75 Å². The Labute approximate surface area is 160 Å². The summed E-state index contributed by atoms with van der Waals surface area (Å²) < 4.78 is 55.8. The molecule has 0 fully saturated rings. The van der Waals surface area contributed by atoms with Gasteiger partial charge in [0.2, 0.25) is 10.0 Å². The van der Waals surface area contributed by atoms with Gasteiger partial charge in [0.15, 0.2) is 11.6 Å². The van der Waals surface area contributed by atoms with E-state index in [0.717, 1.165) is 12.1 Å². The molecule has 140 valence electrons. The third kappa shape index (κ3) is 3.80. The van der Waals surface area contributed by atoms with Crippen molar-refractivity contribution in [2.24, 2.45) is 5.14 Å². The Balaban J connectivity index is 2.34. The van der Waals surface area contributed by atoms with Crippen LogP contribution in [0.4, 0.5) is 8.78 Å². The molecule has 3 aromatic carbocycles. The van der Waals surface area contributed by atoms with Crippen molar-refractivity contribution >= 4 is 21.6 Å². The van der Waals surface area contributed by atoms with Crippen molar-refractivity contribution in [3.8, 4) is 28.0 Å². The van der Waals surface area contributed by atoms with E-state index in [9.17, 15) is 17.2 Å². The van der Waals surface area contributed by atoms with Gasteiger partial charge < -0.3 is 4.74 Å². The molecule has 0 aliphatic carbocycles. The van der Waals surface area contributed by atoms with E-state index in [-0.39, 0.29) is 9.92 Å². The molecule has 0 saturated heterocycles. The number of primary sulfonamides is 1. The molecule has 0 saturated carbocycles. The third-order valence-corrected chi connectivity index (χ3v) is 5.32. The van der Waals surface area contributed by atoms with Gasteiger partial charge in [0.25, 0.3) is 0 Å². The van der Waals surface area contributed by atoms with Gasteiger partial charge in [-0.25, -0.2) is 22.3 Å². The number of nitrogens with two attached hydrogens (primary N) is 1. The monoisotopic (exact) mass is 409 g/mol. The van der Waals surface area contributed by atoms with Gasteiger partial charge in [0, 0.05) is 5.56 Å². The van der Waals surface area contributed by atoms with Gasteiger partial charge in [-0.3, -0.25) is 0 Å². The maximum absolute atomic E-state index is 13.7. The van der Waals surface area contributed by atoms with E-state index in [1.165, 1.54) is 31.4 Å². The molecule has 0 aromatic heterocycles. The fourth-order valence-electron chi connectivity index (χ4n) is 2.72. The molecular formula is C19H14ClF2NO3S. The Bertz CT molecular complexity index is 1130. The maximum atomic E-state index is 13.7. The molecule has 0 amide bonds. The van der Waals surface area contributed by atoms with Crippen LogP contribution in [0.1, 0.15) is 0 Å². The van der Waals surface area contributed by atoms with Crippen molar-refractivity contribution in [2.45, 2.75) is 4.90 Å². The Morgan fingerprint density at radius 1 is 0.926 bits per heavy atom. The molecule has 0 bridgehead atoms. The van der Waals surface area contributed by atoms with Gasteiger partial charge in [-0.2, -0.15) is 0 Å². The lowest BCUT2D eigenvalue weighted by Gasteiger charge is -2.15. The van der Waals surface area contributed by atoms with Crippen LogP contribution in [0.25, 0.3) is 22.3 Å². The summed E-state index contributed by atoms with van der Waals surface area (Å²) in [5.74, 6) is -1.63. The SMILES string of the molecule is COc1cccc(-c2cc(S(N)(=O)=O)ccc2-c2ccc(F)c(F)c2)c1Cl. The largest absolute Gasteiger partial charge is 0.495 e. The van der Waals surface area contributed by atoms with Crippen LogP contribution in [0.15, 0.2) is 59.5 Å². The Hall–Kier alpha value is -2.48. The summed E-state index contributed by atoms with van der Waals surface area (Å²) in [6.07, 6.45) is 0. The van der Waals surface area contributed by atoms with Gasteiger partial charge >= 0.3 is 0 Å². The zero-order valence-corrected chi connectivity index (χ0v) is 15.6. The van der Waals surface area contributed by atoms with E-state index in [0.29, 0.717) is 28.0 Å². The van der Waals surface area contributed by atoms with Crippen molar-refractivity contribution in [2.75, 3.05) is 7.11 Å². The van der Waals surface area contributed by atoms with Crippen LogP contribution < -0.4 is 9.88 Å². The first-order valence-corrected chi connectivity index (χ1v) is 9.60. The van der Waals surface area contributed by atoms with E-state index < -0.39 is 21.7 Å². The predicted octanol–water partition coefficient (Wildman–Crippen LogP) is 4.61. The summed E-state index contributed by atoms with van der Waals surface area (Å²) in [5, 5.41) is 5.48. The smallest absolute Gasteiger partial charge is 0.238 e. The zero-order chi connectivity index (χ0) is 19.8. The van der Waals surface area contributed by atoms with Crippen LogP contribution in [0.3, 0.4) is 0 Å². The first-order chi connectivity index (χ1) is 12.7. The normalized spacial score (nSPS) is 11.4. The highest BCUT2D eigenvalue weighted by Crippen LogP contribution is 2.41. The molecule has 0 heterocycles. The molecule has 4 nitrogen and oxygen atoms in total. The second-order valence-electron chi connectivity index (χ2n) is 5.70. The molecule has 3 aromatic rings. The Morgan fingerprint density at radius 2 is 1.67 bits per heavy atom. The highest BCUT2D eigenvalue weighted by molar-refractivity contribution is 7.89. The summed E-state index contributed by atoms with van der Waals surface area (Å²) in [6.45, 7) is 0. The predicted molar refractivity (Wildman–Crippen MR) is 100 cm³/mol. The first-order valence-electron chi connectivity index (χ1n) is 7.67. The molecule has 0 aliphatic heterocycles. The molecule has 0 atom stereocenters. The van der Waals surface area contributed by atoms with Crippen LogP contribution in [0, 0.1) is 11.6 Å². The number of sulfonamides is 1. The molecule has 8 heteroatoms. The average Bonchev–Trinajstić information content (AvgIpc) is 2.63. The highest BCUT2D eigenvalue weighted by Gasteiger charge is 2.18. The standard InChI is InChI=1S/C19H14ClF2NO3S/c1-26-18-4-2-3-14(19(18)20)15-10-12(27(23,24)25)6-7-13(15)11-5-8-16(21)17(22)9-11/h2-10H,1H3,(H2,23,24,25). The first kappa shape index (κ1) is 19.3. The van der Waals surface area contributed by atoms with Crippen molar-refractivity contribution in [1.29, 1.82) is 0 Å². The molecule has 0 unspecified atom stereocenters. The molecular weight excluding hydrogens is 396 g/mol. The van der Waals surface area contributed by atoms with Crippen LogP contribution in [-0.4, -0.2) is 15.5 Å². The fourth-order valence-corrected chi connectivity index (χ4v) is 3.56. The fraction of sp³-hybridized carbons (Fsp3) is 0.0526. The van der Waals surface area contributed by atoms with Gasteiger partial charge in [-0.1, -0.05) is 35.9 Å². The molecule has 3 rings (SSSR count). The molecule has 0 aliphatic rings. The lowest BCUT2D eigenvalue weighted by Crippen LogP contribution is -2.12. The minimum Gasteiger partial charge on any atom is -0.495 e. The highest BCUT2D eigenvalue weighted by atomic mass is 35.5. The van der Waals surface area contributed by atoms with Crippen LogP contribution in [-0.2, 0) is 10.0 Å². The summed E-state index contributed by atoms with van der Waals surface area (Å²) in [7, 11) is -2.54. The van der Waals surface area contributed by atoms with Crippen molar-refractivity contribution in [1.82, 2.24) is 0 Å². The van der Waals surface area contributed by atoms with E-state index >= 15 is 0 Å². The quantitative estimate of drug-likeness (QED) is 0.684. The maximum Gasteiger partial charge on any atom is 0.238 e. The summed E-state index contributed by atoms with van der Waals surface area (Å²) in [5.41, 5.74) is 1.65. The summed E-state index contributed by atoms with van der Waals surface area (Å²) in [4.78, 5) is -0.136. The number of rotatable bonds is 4. The molecule has 0 spiro atoms. The number of hydrogen-bond acceptors (Lipinski definition) is 3. The third-order valence-electron chi connectivity index (χ3n) is 4.02. The zero-order valence-electron chi connectivity index (χ0n) is 14.0. The summed E-state index contributed by atoms with van der Waals surface area (Å²) >= 11 is 6.39. The van der Waals surface area contributed by atoms with Crippen LogP contribution >= 0.6 is 11.6 Å². The van der Waals surface area contributed by atoms with Crippen molar-refractivity contribution in [3.63, 3.8) is 0 Å². The molecule has 2 N–H and O–H groups in total. The van der Waals surface area contributed by atoms with E-state index in [2.05, 4.69) is 0 Å². The van der Waals surface area contributed by atoms with Gasteiger partial charge in [-0.15, -0.1) is 0 Å². The van der Waals surface area contributed by atoms with Gasteiger partial charge in [0.05, 0.1) is 17.0 Å². The molecule has 0 radical (unpaired) electrons. The van der Waals surface area contributed by atoms with Crippen molar-refractivity contribution < 1.29 is 21.9 Å². The van der Waals surface area contributed by atoms with Crippen LogP contribution in [0.2, 0.25) is 5.02 Å². The Kier molecular flexibility index (Phi) is 5.19. The lowest BCUT2D eigenvalue weighted by molar-refractivity contribution is 0.415. The lowest BCUT2D eigenvalue weighted by atomic mass is 9.94. The van der Waals surface area contributed by atoms with E-state index in [1.807, 2.05) is 0 Å². The minimum absolute atomic E-state index is 0.136. The van der Waals surface area contributed by atoms with Gasteiger partial charge in [-0.05, 0) is 47.0 Å². The minimum atomic E-state index is -3.98. The number of methoxy groups -OCH3 is 1. The second kappa shape index (κ2) is 7.26. The number of ether oxygens (including phenoxy) is 1. The number of hydrogen-bond donors (Lipinski definition) is 1. The average molecular weight is 410 g/mol. The second-order valence-corrected chi connectivity index (χ2v) is 7.64. The summed E-state index contributed by atoms with van der Waals surface area (Å²) in [6, 6.07) is 12.5. The number of halogens is 3. The van der Waals surface area contributed by atoms with E-state index in [4.69, 9.17) is 21.5 Å². The molecule has 27 heavy (non-hydrogen) atoms. The topological polar surface area (TPSA) is 69.4 Å².